The maximum Gasteiger partial charge on any atom is 0.115 e. The number of likely N-dealkylation sites (N-methyl/N-ethyl adjacent to an activating group) is 1. The predicted molar refractivity (Wildman–Crippen MR) is 107 cm³/mol. The lowest BCUT2D eigenvalue weighted by atomic mass is 9.90. The molecule has 0 unspecified atom stereocenters. The minimum absolute atomic E-state index is 0.250. The lowest BCUT2D eigenvalue weighted by Gasteiger charge is -2.29. The number of nitrogens with zero attached hydrogens (tertiary/aromatic N) is 1. The highest BCUT2D eigenvalue weighted by Gasteiger charge is 2.17. The molecule has 128 valence electrons. The zero-order valence-corrected chi connectivity index (χ0v) is 15.2. The lowest BCUT2D eigenvalue weighted by Crippen LogP contribution is -2.21. The van der Waals surface area contributed by atoms with Crippen LogP contribution in [-0.2, 0) is 0 Å². The van der Waals surface area contributed by atoms with E-state index in [1.54, 1.807) is 12.1 Å². The number of rotatable bonds is 5. The third-order valence-corrected chi connectivity index (χ3v) is 4.43. The molecule has 0 amide bonds. The van der Waals surface area contributed by atoms with Crippen LogP contribution in [0.5, 0.6) is 5.75 Å². The molecule has 25 heavy (non-hydrogen) atoms. The van der Waals surface area contributed by atoms with Crippen LogP contribution in [0.4, 0.5) is 0 Å². The number of phenolic OH excluding ortho intramolecular Hbond substituents is 1. The van der Waals surface area contributed by atoms with Crippen LogP contribution in [0.3, 0.4) is 0 Å². The van der Waals surface area contributed by atoms with Crippen molar-refractivity contribution in [3.63, 3.8) is 0 Å². The van der Waals surface area contributed by atoms with Crippen LogP contribution in [0.15, 0.2) is 78.2 Å². The number of terminal acetylenes is 1. The Hall–Kier alpha value is -2.92. The summed E-state index contributed by atoms with van der Waals surface area (Å²) in [7, 11) is 2.02. The van der Waals surface area contributed by atoms with Crippen molar-refractivity contribution in [1.82, 2.24) is 4.90 Å². The van der Waals surface area contributed by atoms with Gasteiger partial charge in [-0.2, -0.15) is 0 Å². The Morgan fingerprint density at radius 2 is 2.04 bits per heavy atom. The van der Waals surface area contributed by atoms with Gasteiger partial charge < -0.3 is 10.0 Å². The van der Waals surface area contributed by atoms with E-state index < -0.39 is 0 Å². The number of hydrogen-bond donors (Lipinski definition) is 1. The third kappa shape index (κ3) is 4.55. The van der Waals surface area contributed by atoms with Crippen molar-refractivity contribution >= 4 is 5.57 Å². The normalized spacial score (nSPS) is 17.7. The summed E-state index contributed by atoms with van der Waals surface area (Å²) in [6.07, 6.45) is 16.9. The molecule has 0 saturated heterocycles. The fourth-order valence-electron chi connectivity index (χ4n) is 2.79. The van der Waals surface area contributed by atoms with E-state index in [9.17, 15) is 5.11 Å². The zero-order valence-electron chi connectivity index (χ0n) is 15.2. The van der Waals surface area contributed by atoms with Gasteiger partial charge in [-0.05, 0) is 49.6 Å². The van der Waals surface area contributed by atoms with E-state index >= 15 is 0 Å². The van der Waals surface area contributed by atoms with Gasteiger partial charge in [0.25, 0.3) is 0 Å². The van der Waals surface area contributed by atoms with Crippen LogP contribution < -0.4 is 0 Å². The van der Waals surface area contributed by atoms with Crippen molar-refractivity contribution in [2.75, 3.05) is 7.05 Å². The van der Waals surface area contributed by atoms with E-state index in [1.165, 1.54) is 5.57 Å². The van der Waals surface area contributed by atoms with Gasteiger partial charge in [0.15, 0.2) is 0 Å². The Labute approximate surface area is 151 Å². The fourth-order valence-corrected chi connectivity index (χ4v) is 2.79. The summed E-state index contributed by atoms with van der Waals surface area (Å²) < 4.78 is 0. The van der Waals surface area contributed by atoms with Gasteiger partial charge in [-0.1, -0.05) is 48.9 Å². The Morgan fingerprint density at radius 3 is 2.56 bits per heavy atom. The molecule has 1 atom stereocenters. The van der Waals surface area contributed by atoms with Gasteiger partial charge in [-0.3, -0.25) is 0 Å². The molecule has 0 fully saturated rings. The molecule has 1 aliphatic rings. The molecule has 1 aromatic carbocycles. The Bertz CT molecular complexity index is 797. The largest absolute Gasteiger partial charge is 0.508 e. The van der Waals surface area contributed by atoms with Crippen molar-refractivity contribution in [2.45, 2.75) is 20.3 Å². The van der Waals surface area contributed by atoms with Gasteiger partial charge in [0.2, 0.25) is 0 Å². The SMILES string of the molecule is C#C/C(C)=C/C(=C\C)N(C)C(=C)[C@@H]1C=CC(c2ccc(O)cc2)=CC1. The molecule has 0 bridgehead atoms. The van der Waals surface area contributed by atoms with E-state index in [4.69, 9.17) is 6.42 Å². The Morgan fingerprint density at radius 1 is 1.36 bits per heavy atom. The van der Waals surface area contributed by atoms with Gasteiger partial charge in [-0.25, -0.2) is 0 Å². The molecule has 0 aromatic heterocycles. The molecule has 0 aliphatic heterocycles. The number of aromatic hydroxyl groups is 1. The highest BCUT2D eigenvalue weighted by Crippen LogP contribution is 2.30. The topological polar surface area (TPSA) is 23.5 Å². The molecule has 1 N–H and O–H groups in total. The molecule has 0 saturated carbocycles. The number of hydrogen-bond acceptors (Lipinski definition) is 2. The summed E-state index contributed by atoms with van der Waals surface area (Å²) in [5.41, 5.74) is 5.24. The van der Waals surface area contributed by atoms with Crippen LogP contribution in [0.1, 0.15) is 25.8 Å². The van der Waals surface area contributed by atoms with Gasteiger partial charge in [0.1, 0.15) is 5.75 Å². The smallest absolute Gasteiger partial charge is 0.115 e. The van der Waals surface area contributed by atoms with Crippen molar-refractivity contribution < 1.29 is 5.11 Å². The first-order valence-corrected chi connectivity index (χ1v) is 8.37. The molecule has 1 aliphatic carbocycles. The van der Waals surface area contributed by atoms with E-state index in [1.807, 2.05) is 45.2 Å². The first kappa shape index (κ1) is 18.4. The molecule has 0 spiro atoms. The van der Waals surface area contributed by atoms with Crippen LogP contribution in [0.25, 0.3) is 5.57 Å². The second-order valence-corrected chi connectivity index (χ2v) is 6.14. The fraction of sp³-hybridized carbons (Fsp3) is 0.217. The zero-order chi connectivity index (χ0) is 18.4. The monoisotopic (exact) mass is 331 g/mol. The highest BCUT2D eigenvalue weighted by molar-refractivity contribution is 5.75. The number of allylic oxidation sites excluding steroid dienone is 7. The molecule has 0 radical (unpaired) electrons. The van der Waals surface area contributed by atoms with Gasteiger partial charge in [0, 0.05) is 29.9 Å². The lowest BCUT2D eigenvalue weighted by molar-refractivity contribution is 0.471. The van der Waals surface area contributed by atoms with Gasteiger partial charge >= 0.3 is 0 Å². The maximum absolute atomic E-state index is 9.41. The van der Waals surface area contributed by atoms with Crippen LogP contribution in [-0.4, -0.2) is 17.1 Å². The number of phenols is 1. The average Bonchev–Trinajstić information content (AvgIpc) is 2.65. The van der Waals surface area contributed by atoms with Crippen molar-refractivity contribution in [2.24, 2.45) is 5.92 Å². The molecule has 1 aromatic rings. The molecule has 2 rings (SSSR count). The van der Waals surface area contributed by atoms with Crippen molar-refractivity contribution in [3.05, 3.63) is 83.8 Å². The van der Waals surface area contributed by atoms with Crippen molar-refractivity contribution in [1.29, 1.82) is 0 Å². The summed E-state index contributed by atoms with van der Waals surface area (Å²) in [5, 5.41) is 9.41. The van der Waals surface area contributed by atoms with Crippen LogP contribution in [0.2, 0.25) is 0 Å². The number of benzene rings is 1. The summed E-state index contributed by atoms with van der Waals surface area (Å²) in [5.74, 6) is 3.19. The molecular formula is C23H25NO. The average molecular weight is 331 g/mol. The summed E-state index contributed by atoms with van der Waals surface area (Å²) in [4.78, 5) is 2.09. The quantitative estimate of drug-likeness (QED) is 0.586. The Balaban J connectivity index is 2.09. The first-order valence-electron chi connectivity index (χ1n) is 8.37. The van der Waals surface area contributed by atoms with Crippen LogP contribution in [0, 0.1) is 18.3 Å². The second-order valence-electron chi connectivity index (χ2n) is 6.14. The second kappa shape index (κ2) is 8.26. The van der Waals surface area contributed by atoms with Gasteiger partial charge in [0.05, 0.1) is 0 Å². The van der Waals surface area contributed by atoms with E-state index in [-0.39, 0.29) is 11.7 Å². The molecule has 2 heteroatoms. The highest BCUT2D eigenvalue weighted by atomic mass is 16.3. The minimum Gasteiger partial charge on any atom is -0.508 e. The summed E-state index contributed by atoms with van der Waals surface area (Å²) in [6, 6.07) is 7.28. The Kier molecular flexibility index (Phi) is 6.08. The van der Waals surface area contributed by atoms with Crippen LogP contribution >= 0.6 is 0 Å². The first-order chi connectivity index (χ1) is 12.0. The molecule has 2 nitrogen and oxygen atoms in total. The van der Waals surface area contributed by atoms with E-state index in [2.05, 4.69) is 35.6 Å². The minimum atomic E-state index is 0.250. The third-order valence-electron chi connectivity index (χ3n) is 4.43. The van der Waals surface area contributed by atoms with Gasteiger partial charge in [-0.15, -0.1) is 6.42 Å². The van der Waals surface area contributed by atoms with Crippen molar-refractivity contribution in [3.8, 4) is 18.1 Å². The van der Waals surface area contributed by atoms with E-state index in [0.717, 1.165) is 29.0 Å². The summed E-state index contributed by atoms with van der Waals surface area (Å²) >= 11 is 0. The molecule has 0 heterocycles. The summed E-state index contributed by atoms with van der Waals surface area (Å²) in [6.45, 7) is 8.20. The van der Waals surface area contributed by atoms with E-state index in [0.29, 0.717) is 0 Å². The standard InChI is InChI=1S/C23H25NO/c1-6-17(3)16-22(7-2)24(5)18(4)19-8-10-20(11-9-19)21-12-14-23(25)15-13-21/h1,7-8,10-16,19,25H,4,9H2,2-3,5H3/b17-16+,22-7+/t19-/m1/s1. The molecular weight excluding hydrogens is 306 g/mol. The predicted octanol–water partition coefficient (Wildman–Crippen LogP) is 5.28. The maximum atomic E-state index is 9.41.